The molecular weight excluding hydrogens is 238 g/mol. The molecule has 4 heteroatoms. The summed E-state index contributed by atoms with van der Waals surface area (Å²) in [5.41, 5.74) is 8.87. The first-order valence-electron chi connectivity index (χ1n) is 5.90. The molecule has 0 aromatic heterocycles. The fourth-order valence-electron chi connectivity index (χ4n) is 1.83. The van der Waals surface area contributed by atoms with Crippen LogP contribution in [0.1, 0.15) is 11.1 Å². The molecule has 0 spiro atoms. The third-order valence-electron chi connectivity index (χ3n) is 2.84. The summed E-state index contributed by atoms with van der Waals surface area (Å²) in [6, 6.07) is 15.1. The van der Waals surface area contributed by atoms with E-state index in [0.717, 1.165) is 17.0 Å². The van der Waals surface area contributed by atoms with Gasteiger partial charge in [-0.1, -0.05) is 18.2 Å². The lowest BCUT2D eigenvalue weighted by Gasteiger charge is -2.12. The van der Waals surface area contributed by atoms with Gasteiger partial charge in [0, 0.05) is 12.1 Å². The van der Waals surface area contributed by atoms with E-state index in [1.807, 2.05) is 30.3 Å². The molecular formula is C15H15N3O. The van der Waals surface area contributed by atoms with Gasteiger partial charge >= 0.3 is 0 Å². The molecule has 2 aromatic rings. The maximum Gasteiger partial charge on any atom is 0.123 e. The third-order valence-corrected chi connectivity index (χ3v) is 2.84. The van der Waals surface area contributed by atoms with E-state index >= 15 is 0 Å². The van der Waals surface area contributed by atoms with Crippen molar-refractivity contribution in [3.8, 4) is 11.8 Å². The highest BCUT2D eigenvalue weighted by molar-refractivity contribution is 5.68. The Morgan fingerprint density at radius 1 is 1.26 bits per heavy atom. The lowest BCUT2D eigenvalue weighted by molar-refractivity contribution is 0.410. The molecule has 0 aliphatic heterocycles. The number of hydrogen-bond acceptors (Lipinski definition) is 4. The number of nitriles is 1. The monoisotopic (exact) mass is 253 g/mol. The van der Waals surface area contributed by atoms with Crippen molar-refractivity contribution >= 4 is 11.4 Å². The molecule has 4 nitrogen and oxygen atoms in total. The van der Waals surface area contributed by atoms with Crippen molar-refractivity contribution in [2.75, 3.05) is 18.2 Å². The number of nitrogens with one attached hydrogen (secondary N) is 1. The molecule has 0 unspecified atom stereocenters. The minimum Gasteiger partial charge on any atom is -0.496 e. The summed E-state index contributed by atoms with van der Waals surface area (Å²) in [5.74, 6) is 0.835. The SMILES string of the molecule is COc1ccccc1CNc1ccc(C#N)cc1N. The Bertz CT molecular complexity index is 617. The molecule has 0 saturated carbocycles. The Balaban J connectivity index is 2.13. The Hall–Kier alpha value is -2.67. The van der Waals surface area contributed by atoms with E-state index in [0.29, 0.717) is 17.8 Å². The molecule has 0 heterocycles. The topological polar surface area (TPSA) is 71.1 Å². The number of para-hydroxylation sites is 1. The van der Waals surface area contributed by atoms with Gasteiger partial charge in [0.25, 0.3) is 0 Å². The van der Waals surface area contributed by atoms with Crippen LogP contribution in [0.4, 0.5) is 11.4 Å². The average molecular weight is 253 g/mol. The van der Waals surface area contributed by atoms with Crippen LogP contribution in [0.2, 0.25) is 0 Å². The molecule has 19 heavy (non-hydrogen) atoms. The minimum atomic E-state index is 0.556. The standard InChI is InChI=1S/C15H15N3O/c1-19-15-5-3-2-4-12(15)10-18-14-7-6-11(9-16)8-13(14)17/h2-8,18H,10,17H2,1H3. The summed E-state index contributed by atoms with van der Waals surface area (Å²) in [6.45, 7) is 0.611. The van der Waals surface area contributed by atoms with Crippen molar-refractivity contribution in [1.82, 2.24) is 0 Å². The van der Waals surface area contributed by atoms with Crippen LogP contribution in [0.15, 0.2) is 42.5 Å². The first-order valence-corrected chi connectivity index (χ1v) is 5.90. The highest BCUT2D eigenvalue weighted by Gasteiger charge is 2.04. The molecule has 96 valence electrons. The van der Waals surface area contributed by atoms with Crippen LogP contribution in [-0.4, -0.2) is 7.11 Å². The van der Waals surface area contributed by atoms with Crippen molar-refractivity contribution in [3.63, 3.8) is 0 Å². The first kappa shape index (κ1) is 12.8. The number of rotatable bonds is 4. The normalized spacial score (nSPS) is 9.68. The van der Waals surface area contributed by atoms with E-state index in [-0.39, 0.29) is 0 Å². The smallest absolute Gasteiger partial charge is 0.123 e. The van der Waals surface area contributed by atoms with Crippen molar-refractivity contribution in [3.05, 3.63) is 53.6 Å². The van der Waals surface area contributed by atoms with Crippen LogP contribution < -0.4 is 15.8 Å². The highest BCUT2D eigenvalue weighted by Crippen LogP contribution is 2.23. The maximum absolute atomic E-state index is 8.79. The maximum atomic E-state index is 8.79. The number of methoxy groups -OCH3 is 1. The number of ether oxygens (including phenoxy) is 1. The van der Waals surface area contributed by atoms with Gasteiger partial charge in [-0.05, 0) is 24.3 Å². The lowest BCUT2D eigenvalue weighted by Crippen LogP contribution is -2.04. The largest absolute Gasteiger partial charge is 0.496 e. The molecule has 2 rings (SSSR count). The van der Waals surface area contributed by atoms with Gasteiger partial charge in [-0.25, -0.2) is 0 Å². The summed E-state index contributed by atoms with van der Waals surface area (Å²) in [7, 11) is 1.65. The number of benzene rings is 2. The van der Waals surface area contributed by atoms with Crippen LogP contribution in [0.5, 0.6) is 5.75 Å². The van der Waals surface area contributed by atoms with Crippen molar-refractivity contribution < 1.29 is 4.74 Å². The van der Waals surface area contributed by atoms with Gasteiger partial charge in [0.05, 0.1) is 30.1 Å². The van der Waals surface area contributed by atoms with Crippen LogP contribution >= 0.6 is 0 Å². The first-order chi connectivity index (χ1) is 9.24. The molecule has 0 aliphatic rings. The number of nitrogen functional groups attached to an aromatic ring is 1. The molecule has 0 atom stereocenters. The van der Waals surface area contributed by atoms with Gasteiger partial charge in [-0.3, -0.25) is 0 Å². The minimum absolute atomic E-state index is 0.556. The number of anilines is 2. The van der Waals surface area contributed by atoms with E-state index < -0.39 is 0 Å². The molecule has 0 aliphatic carbocycles. The predicted octanol–water partition coefficient (Wildman–Crippen LogP) is 2.76. The quantitative estimate of drug-likeness (QED) is 0.822. The summed E-state index contributed by atoms with van der Waals surface area (Å²) < 4.78 is 5.29. The van der Waals surface area contributed by atoms with E-state index in [1.54, 1.807) is 19.2 Å². The van der Waals surface area contributed by atoms with Gasteiger partial charge in [0.15, 0.2) is 0 Å². The molecule has 0 radical (unpaired) electrons. The number of nitrogens with two attached hydrogens (primary N) is 1. The second-order valence-electron chi connectivity index (χ2n) is 4.08. The predicted molar refractivity (Wildman–Crippen MR) is 75.9 cm³/mol. The molecule has 0 fully saturated rings. The second-order valence-corrected chi connectivity index (χ2v) is 4.08. The van der Waals surface area contributed by atoms with Crippen molar-refractivity contribution in [1.29, 1.82) is 5.26 Å². The van der Waals surface area contributed by atoms with Gasteiger partial charge in [0.1, 0.15) is 5.75 Å². The van der Waals surface area contributed by atoms with Gasteiger partial charge in [-0.15, -0.1) is 0 Å². The molecule has 3 N–H and O–H groups in total. The molecule has 0 bridgehead atoms. The third kappa shape index (κ3) is 2.96. The zero-order valence-electron chi connectivity index (χ0n) is 10.7. The summed E-state index contributed by atoms with van der Waals surface area (Å²) in [5, 5.41) is 12.0. The lowest BCUT2D eigenvalue weighted by atomic mass is 10.1. The molecule has 2 aromatic carbocycles. The number of nitrogens with zero attached hydrogens (tertiary/aromatic N) is 1. The number of hydrogen-bond donors (Lipinski definition) is 2. The Morgan fingerprint density at radius 3 is 2.74 bits per heavy atom. The Labute approximate surface area is 112 Å². The molecule has 0 amide bonds. The van der Waals surface area contributed by atoms with Crippen LogP contribution in [0.25, 0.3) is 0 Å². The zero-order chi connectivity index (χ0) is 13.7. The Kier molecular flexibility index (Phi) is 3.89. The van der Waals surface area contributed by atoms with Gasteiger partial charge < -0.3 is 15.8 Å². The second kappa shape index (κ2) is 5.78. The fourth-order valence-corrected chi connectivity index (χ4v) is 1.83. The van der Waals surface area contributed by atoms with Crippen LogP contribution in [-0.2, 0) is 6.54 Å². The van der Waals surface area contributed by atoms with Gasteiger partial charge in [0.2, 0.25) is 0 Å². The zero-order valence-corrected chi connectivity index (χ0v) is 10.7. The van der Waals surface area contributed by atoms with E-state index in [4.69, 9.17) is 15.7 Å². The summed E-state index contributed by atoms with van der Waals surface area (Å²) in [4.78, 5) is 0. The van der Waals surface area contributed by atoms with Crippen LogP contribution in [0, 0.1) is 11.3 Å². The average Bonchev–Trinajstić information content (AvgIpc) is 2.46. The highest BCUT2D eigenvalue weighted by atomic mass is 16.5. The van der Waals surface area contributed by atoms with E-state index in [2.05, 4.69) is 11.4 Å². The summed E-state index contributed by atoms with van der Waals surface area (Å²) >= 11 is 0. The van der Waals surface area contributed by atoms with Crippen molar-refractivity contribution in [2.24, 2.45) is 0 Å². The van der Waals surface area contributed by atoms with E-state index in [9.17, 15) is 0 Å². The molecule has 0 saturated heterocycles. The Morgan fingerprint density at radius 2 is 2.05 bits per heavy atom. The summed E-state index contributed by atoms with van der Waals surface area (Å²) in [6.07, 6.45) is 0. The fraction of sp³-hybridized carbons (Fsp3) is 0.133. The van der Waals surface area contributed by atoms with E-state index in [1.165, 1.54) is 0 Å². The van der Waals surface area contributed by atoms with Gasteiger partial charge in [-0.2, -0.15) is 5.26 Å². The van der Waals surface area contributed by atoms with Crippen LogP contribution in [0.3, 0.4) is 0 Å². The van der Waals surface area contributed by atoms with Crippen molar-refractivity contribution in [2.45, 2.75) is 6.54 Å².